The first-order valence-corrected chi connectivity index (χ1v) is 15.2. The summed E-state index contributed by atoms with van der Waals surface area (Å²) in [6.45, 7) is 11.3. The molecule has 0 heterocycles. The van der Waals surface area contributed by atoms with Crippen LogP contribution in [0.5, 0.6) is 0 Å². The molecule has 1 N–H and O–H groups in total. The van der Waals surface area contributed by atoms with Gasteiger partial charge in [-0.2, -0.15) is 0 Å². The second-order valence-corrected chi connectivity index (χ2v) is 14.2. The molecule has 0 aliphatic heterocycles. The number of benzene rings is 3. The van der Waals surface area contributed by atoms with Gasteiger partial charge in [-0.15, -0.1) is 0 Å². The van der Waals surface area contributed by atoms with E-state index in [9.17, 15) is 0 Å². The molecule has 0 amide bonds. The molecule has 6 atom stereocenters. The third kappa shape index (κ3) is 5.65. The monoisotopic (exact) mass is 487 g/mol. The minimum atomic E-state index is -2.93. The second kappa shape index (κ2) is 11.3. The van der Waals surface area contributed by atoms with Crippen molar-refractivity contribution in [1.82, 2.24) is 5.32 Å². The second-order valence-electron chi connectivity index (χ2n) is 11.1. The van der Waals surface area contributed by atoms with E-state index in [2.05, 4.69) is 119 Å². The molecule has 1 fully saturated rings. The van der Waals surface area contributed by atoms with Crippen LogP contribution in [0.2, 0.25) is 0 Å². The predicted octanol–water partition coefficient (Wildman–Crippen LogP) is 8.49. The highest BCUT2D eigenvalue weighted by atomic mass is 31.2. The zero-order valence-electron chi connectivity index (χ0n) is 22.0. The van der Waals surface area contributed by atoms with E-state index in [-0.39, 0.29) is 17.5 Å². The highest BCUT2D eigenvalue weighted by molar-refractivity contribution is 7.72. The van der Waals surface area contributed by atoms with Crippen LogP contribution in [0.1, 0.15) is 75.5 Å². The summed E-state index contributed by atoms with van der Waals surface area (Å²) in [6.07, 6.45) is 3.42. The summed E-state index contributed by atoms with van der Waals surface area (Å²) in [6, 6.07) is 29.7. The molecular weight excluding hydrogens is 445 g/mol. The van der Waals surface area contributed by atoms with Crippen LogP contribution in [-0.4, -0.2) is 5.66 Å². The molecule has 3 heteroatoms. The molecule has 1 aliphatic carbocycles. The minimum absolute atomic E-state index is 0.0815. The molecule has 0 bridgehead atoms. The maximum Gasteiger partial charge on any atom is 0.139 e. The highest BCUT2D eigenvalue weighted by Gasteiger charge is 2.48. The fourth-order valence-corrected chi connectivity index (χ4v) is 10.5. The average Bonchev–Trinajstić information content (AvgIpc) is 2.88. The van der Waals surface area contributed by atoms with Gasteiger partial charge in [-0.3, -0.25) is 5.32 Å². The van der Waals surface area contributed by atoms with Gasteiger partial charge in [-0.1, -0.05) is 118 Å². The van der Waals surface area contributed by atoms with Crippen LogP contribution in [0, 0.1) is 24.7 Å². The van der Waals surface area contributed by atoms with Gasteiger partial charge < -0.3 is 4.57 Å². The molecule has 3 aromatic rings. The van der Waals surface area contributed by atoms with E-state index in [1.807, 2.05) is 6.07 Å². The fraction of sp³-hybridized carbons (Fsp3) is 0.438. The van der Waals surface area contributed by atoms with Crippen LogP contribution >= 0.6 is 7.14 Å². The van der Waals surface area contributed by atoms with Gasteiger partial charge in [0.1, 0.15) is 7.14 Å². The van der Waals surface area contributed by atoms with Crippen molar-refractivity contribution in [2.75, 3.05) is 0 Å². The van der Waals surface area contributed by atoms with Crippen molar-refractivity contribution in [1.29, 1.82) is 0 Å². The molecule has 1 saturated carbocycles. The van der Waals surface area contributed by atoms with E-state index in [4.69, 9.17) is 0 Å². The molecule has 186 valence electrons. The Labute approximate surface area is 212 Å². The first-order chi connectivity index (χ1) is 16.8. The van der Waals surface area contributed by atoms with Crippen molar-refractivity contribution in [3.05, 3.63) is 102 Å². The normalized spacial score (nSPS) is 24.0. The van der Waals surface area contributed by atoms with E-state index < -0.39 is 7.14 Å². The van der Waals surface area contributed by atoms with Crippen molar-refractivity contribution < 1.29 is 4.57 Å². The van der Waals surface area contributed by atoms with Gasteiger partial charge in [0.05, 0.1) is 5.78 Å². The van der Waals surface area contributed by atoms with Crippen LogP contribution in [0.3, 0.4) is 0 Å². The summed E-state index contributed by atoms with van der Waals surface area (Å²) < 4.78 is 15.9. The third-order valence-corrected chi connectivity index (χ3v) is 12.0. The van der Waals surface area contributed by atoms with Crippen molar-refractivity contribution in [2.45, 2.75) is 71.4 Å². The van der Waals surface area contributed by atoms with E-state index in [1.54, 1.807) is 0 Å². The highest BCUT2D eigenvalue weighted by Crippen LogP contribution is 2.66. The summed E-state index contributed by atoms with van der Waals surface area (Å²) in [5.41, 5.74) is 3.74. The number of hydrogen-bond donors (Lipinski definition) is 1. The lowest BCUT2D eigenvalue weighted by atomic mass is 9.77. The Hall–Kier alpha value is -2.15. The van der Waals surface area contributed by atoms with Crippen molar-refractivity contribution in [2.24, 2.45) is 17.8 Å². The topological polar surface area (TPSA) is 29.1 Å². The van der Waals surface area contributed by atoms with Crippen molar-refractivity contribution in [3.63, 3.8) is 0 Å². The van der Waals surface area contributed by atoms with E-state index in [0.717, 1.165) is 23.7 Å². The number of hydrogen-bond acceptors (Lipinski definition) is 2. The summed E-state index contributed by atoms with van der Waals surface area (Å²) in [4.78, 5) is 0. The molecular formula is C32H42NOP. The Morgan fingerprint density at radius 3 is 2.00 bits per heavy atom. The lowest BCUT2D eigenvalue weighted by Gasteiger charge is -2.45. The number of rotatable bonds is 8. The first-order valence-electron chi connectivity index (χ1n) is 13.3. The SMILES string of the molecule is Cc1ccc([C@H](N[C@@H](C)c2ccccc2)[P@](=O)(c2ccccc2)C2C[C@H](C)CC[C@H]2C(C)C)cc1. The predicted molar refractivity (Wildman–Crippen MR) is 151 cm³/mol. The molecule has 2 nitrogen and oxygen atoms in total. The maximum atomic E-state index is 15.9. The molecule has 0 spiro atoms. The minimum Gasteiger partial charge on any atom is -0.316 e. The smallest absolute Gasteiger partial charge is 0.139 e. The van der Waals surface area contributed by atoms with Gasteiger partial charge in [-0.25, -0.2) is 0 Å². The Bertz CT molecular complexity index is 1110. The van der Waals surface area contributed by atoms with Crippen LogP contribution in [0.25, 0.3) is 0 Å². The van der Waals surface area contributed by atoms with Gasteiger partial charge in [-0.05, 0) is 55.6 Å². The summed E-state index contributed by atoms with van der Waals surface area (Å²) in [5, 5.41) is 4.93. The Morgan fingerprint density at radius 1 is 0.800 bits per heavy atom. The van der Waals surface area contributed by atoms with Gasteiger partial charge in [0.25, 0.3) is 0 Å². The van der Waals surface area contributed by atoms with Crippen LogP contribution in [-0.2, 0) is 4.57 Å². The molecule has 1 aliphatic rings. The lowest BCUT2D eigenvalue weighted by Crippen LogP contribution is -2.39. The van der Waals surface area contributed by atoms with E-state index in [0.29, 0.717) is 17.8 Å². The maximum absolute atomic E-state index is 15.9. The molecule has 0 aromatic heterocycles. The third-order valence-electron chi connectivity index (χ3n) is 8.12. The first kappa shape index (κ1) is 25.9. The zero-order valence-corrected chi connectivity index (χ0v) is 22.9. The molecule has 3 aromatic carbocycles. The quantitative estimate of drug-likeness (QED) is 0.323. The lowest BCUT2D eigenvalue weighted by molar-refractivity contribution is 0.235. The molecule has 0 radical (unpaired) electrons. The van der Waals surface area contributed by atoms with E-state index in [1.165, 1.54) is 17.5 Å². The zero-order chi connectivity index (χ0) is 25.0. The summed E-state index contributed by atoms with van der Waals surface area (Å²) in [5.74, 6) is 1.32. The number of aryl methyl sites for hydroxylation is 1. The van der Waals surface area contributed by atoms with Crippen molar-refractivity contribution in [3.8, 4) is 0 Å². The summed E-state index contributed by atoms with van der Waals surface area (Å²) in [7, 11) is -2.93. The van der Waals surface area contributed by atoms with Gasteiger partial charge >= 0.3 is 0 Å². The molecule has 35 heavy (non-hydrogen) atoms. The molecule has 4 rings (SSSR count). The molecule has 1 unspecified atom stereocenters. The fourth-order valence-electron chi connectivity index (χ4n) is 6.04. The Morgan fingerprint density at radius 2 is 1.40 bits per heavy atom. The van der Waals surface area contributed by atoms with E-state index >= 15 is 4.57 Å². The van der Waals surface area contributed by atoms with Crippen LogP contribution in [0.4, 0.5) is 0 Å². The largest absolute Gasteiger partial charge is 0.316 e. The average molecular weight is 488 g/mol. The van der Waals surface area contributed by atoms with Gasteiger partial charge in [0.2, 0.25) is 0 Å². The van der Waals surface area contributed by atoms with Crippen LogP contribution < -0.4 is 10.6 Å². The number of nitrogens with one attached hydrogen (secondary N) is 1. The summed E-state index contributed by atoms with van der Waals surface area (Å²) >= 11 is 0. The Balaban J connectivity index is 1.89. The van der Waals surface area contributed by atoms with Crippen molar-refractivity contribution >= 4 is 12.4 Å². The molecule has 0 saturated heterocycles. The Kier molecular flexibility index (Phi) is 8.35. The standard InChI is InChI=1S/C32H42NOP/c1-23(2)30-21-18-25(4)22-31(30)35(34,29-14-10-7-11-15-29)32(28-19-16-24(3)17-20-28)33-26(5)27-12-8-6-9-13-27/h6-17,19-20,23,25-26,30-33H,18,21-22H2,1-5H3/t25-,26+,30+,31?,32-,35+/m1/s1. The van der Waals surface area contributed by atoms with Crippen LogP contribution in [0.15, 0.2) is 84.9 Å². The van der Waals surface area contributed by atoms with Gasteiger partial charge in [0, 0.05) is 17.0 Å². The van der Waals surface area contributed by atoms with Gasteiger partial charge in [0.15, 0.2) is 0 Å².